The van der Waals surface area contributed by atoms with Gasteiger partial charge in [-0.25, -0.2) is 0 Å². The number of nitro groups is 2. The molecule has 1 aromatic carbocycles. The molecule has 0 radical (unpaired) electrons. The summed E-state index contributed by atoms with van der Waals surface area (Å²) in [5.41, 5.74) is -2.67. The monoisotopic (exact) mass is 270 g/mol. The summed E-state index contributed by atoms with van der Waals surface area (Å²) >= 11 is 0. The zero-order chi connectivity index (χ0) is 14.6. The van der Waals surface area contributed by atoms with Gasteiger partial charge in [-0.1, -0.05) is 0 Å². The number of hydrogen-bond acceptors (Lipinski definition) is 8. The molecule has 1 rings (SSSR count). The Labute approximate surface area is 105 Å². The predicted octanol–water partition coefficient (Wildman–Crippen LogP) is -0.729. The predicted molar refractivity (Wildman–Crippen MR) is 59.7 cm³/mol. The Bertz CT molecular complexity index is 508. The van der Waals surface area contributed by atoms with Crippen molar-refractivity contribution in [2.75, 3.05) is 18.5 Å². The van der Waals surface area contributed by atoms with E-state index in [1.54, 1.807) is 0 Å². The molecule has 0 heterocycles. The SMILES string of the molecule is O=C([O-])c1cc([N+](=O)[O-])cc([N+](=O)[O-])c1NCCO. The molecule has 102 valence electrons. The molecule has 2 N–H and O–H groups in total. The first-order valence-corrected chi connectivity index (χ1v) is 4.91. The van der Waals surface area contributed by atoms with Crippen molar-refractivity contribution in [3.63, 3.8) is 0 Å². The number of carbonyl (C=O) groups is 1. The van der Waals surface area contributed by atoms with E-state index in [0.717, 1.165) is 0 Å². The number of nitrogens with zero attached hydrogens (tertiary/aromatic N) is 2. The summed E-state index contributed by atoms with van der Waals surface area (Å²) in [6, 6.07) is 1.29. The fourth-order valence-corrected chi connectivity index (χ4v) is 1.39. The Balaban J connectivity index is 3.50. The highest BCUT2D eigenvalue weighted by atomic mass is 16.6. The maximum absolute atomic E-state index is 10.9. The minimum atomic E-state index is -1.80. The molecule has 0 fully saturated rings. The number of benzene rings is 1. The van der Waals surface area contributed by atoms with E-state index in [1.807, 2.05) is 0 Å². The van der Waals surface area contributed by atoms with Gasteiger partial charge in [0.1, 0.15) is 5.69 Å². The smallest absolute Gasteiger partial charge is 0.299 e. The number of aliphatic hydroxyl groups excluding tert-OH is 1. The first kappa shape index (κ1) is 14.3. The van der Waals surface area contributed by atoms with Gasteiger partial charge in [-0.3, -0.25) is 20.2 Å². The molecule has 0 unspecified atom stereocenters. The Morgan fingerprint density at radius 1 is 1.26 bits per heavy atom. The van der Waals surface area contributed by atoms with E-state index in [0.29, 0.717) is 12.1 Å². The molecule has 19 heavy (non-hydrogen) atoms. The molecule has 0 aliphatic rings. The highest BCUT2D eigenvalue weighted by molar-refractivity contribution is 5.96. The van der Waals surface area contributed by atoms with Crippen LogP contribution < -0.4 is 10.4 Å². The Kier molecular flexibility index (Phi) is 4.32. The molecule has 0 aliphatic carbocycles. The first-order chi connectivity index (χ1) is 8.88. The van der Waals surface area contributed by atoms with Crippen LogP contribution in [0.25, 0.3) is 0 Å². The van der Waals surface area contributed by atoms with Crippen LogP contribution in [0.1, 0.15) is 10.4 Å². The van der Waals surface area contributed by atoms with E-state index in [2.05, 4.69) is 5.32 Å². The van der Waals surface area contributed by atoms with Gasteiger partial charge in [-0.2, -0.15) is 0 Å². The van der Waals surface area contributed by atoms with Crippen molar-refractivity contribution in [2.24, 2.45) is 0 Å². The number of anilines is 1. The second-order valence-electron chi connectivity index (χ2n) is 3.34. The number of aromatic carboxylic acids is 1. The van der Waals surface area contributed by atoms with Gasteiger partial charge in [-0.15, -0.1) is 0 Å². The van der Waals surface area contributed by atoms with Gasteiger partial charge < -0.3 is 20.3 Å². The molecule has 0 spiro atoms. The molecule has 0 saturated carbocycles. The molecule has 0 saturated heterocycles. The van der Waals surface area contributed by atoms with Crippen molar-refractivity contribution in [1.29, 1.82) is 0 Å². The van der Waals surface area contributed by atoms with Crippen molar-refractivity contribution in [1.82, 2.24) is 0 Å². The third-order valence-electron chi connectivity index (χ3n) is 2.14. The van der Waals surface area contributed by atoms with Gasteiger partial charge in [-0.05, 0) is 0 Å². The lowest BCUT2D eigenvalue weighted by molar-refractivity contribution is -0.393. The van der Waals surface area contributed by atoms with Gasteiger partial charge in [0.2, 0.25) is 0 Å². The number of nitrogens with one attached hydrogen (secondary N) is 1. The van der Waals surface area contributed by atoms with E-state index in [1.165, 1.54) is 0 Å². The van der Waals surface area contributed by atoms with Crippen LogP contribution in [0.4, 0.5) is 17.1 Å². The van der Waals surface area contributed by atoms with Gasteiger partial charge in [0.25, 0.3) is 11.4 Å². The average Bonchev–Trinajstić information content (AvgIpc) is 2.34. The molecule has 10 nitrogen and oxygen atoms in total. The number of nitro benzene ring substituents is 2. The second-order valence-corrected chi connectivity index (χ2v) is 3.34. The number of aliphatic hydroxyl groups is 1. The number of hydrogen-bond donors (Lipinski definition) is 2. The van der Waals surface area contributed by atoms with Crippen LogP contribution in [0.5, 0.6) is 0 Å². The largest absolute Gasteiger partial charge is 0.545 e. The van der Waals surface area contributed by atoms with Gasteiger partial charge in [0.15, 0.2) is 0 Å². The van der Waals surface area contributed by atoms with E-state index in [9.17, 15) is 30.1 Å². The number of carbonyl (C=O) groups excluding carboxylic acids is 1. The summed E-state index contributed by atoms with van der Waals surface area (Å²) < 4.78 is 0. The van der Waals surface area contributed by atoms with Crippen LogP contribution >= 0.6 is 0 Å². The quantitative estimate of drug-likeness (QED) is 0.505. The highest BCUT2D eigenvalue weighted by Gasteiger charge is 2.24. The summed E-state index contributed by atoms with van der Waals surface area (Å²) in [6.45, 7) is -0.556. The lowest BCUT2D eigenvalue weighted by Crippen LogP contribution is -2.25. The molecular formula is C9H8N3O7-. The minimum Gasteiger partial charge on any atom is -0.545 e. The fourth-order valence-electron chi connectivity index (χ4n) is 1.39. The van der Waals surface area contributed by atoms with E-state index in [4.69, 9.17) is 5.11 Å². The van der Waals surface area contributed by atoms with Crippen molar-refractivity contribution in [2.45, 2.75) is 0 Å². The van der Waals surface area contributed by atoms with E-state index < -0.39 is 45.0 Å². The van der Waals surface area contributed by atoms with Crippen LogP contribution in [0.3, 0.4) is 0 Å². The maximum Gasteiger partial charge on any atom is 0.299 e. The fraction of sp³-hybridized carbons (Fsp3) is 0.222. The standard InChI is InChI=1S/C9H9N3O7/c13-2-1-10-8-6(9(14)15)3-5(11(16)17)4-7(8)12(18)19/h3-4,10,13H,1-2H2,(H,14,15)/p-1. The number of rotatable bonds is 6. The van der Waals surface area contributed by atoms with E-state index in [-0.39, 0.29) is 6.54 Å². The van der Waals surface area contributed by atoms with Crippen LogP contribution in [0.15, 0.2) is 12.1 Å². The number of non-ortho nitro benzene ring substituents is 1. The summed E-state index contributed by atoms with van der Waals surface area (Å²) in [5.74, 6) is -1.80. The Hall–Kier alpha value is -2.75. The molecule has 10 heteroatoms. The number of carboxylic acids is 1. The lowest BCUT2D eigenvalue weighted by atomic mass is 10.1. The summed E-state index contributed by atoms with van der Waals surface area (Å²) in [5, 5.41) is 43.2. The topological polar surface area (TPSA) is 159 Å². The molecule has 0 aliphatic heterocycles. The first-order valence-electron chi connectivity index (χ1n) is 4.91. The molecule has 0 bridgehead atoms. The highest BCUT2D eigenvalue weighted by Crippen LogP contribution is 2.32. The maximum atomic E-state index is 10.9. The van der Waals surface area contributed by atoms with Gasteiger partial charge in [0, 0.05) is 18.2 Å². The van der Waals surface area contributed by atoms with Gasteiger partial charge >= 0.3 is 0 Å². The second kappa shape index (κ2) is 5.73. The average molecular weight is 270 g/mol. The Morgan fingerprint density at radius 2 is 1.89 bits per heavy atom. The Morgan fingerprint density at radius 3 is 2.32 bits per heavy atom. The van der Waals surface area contributed by atoms with E-state index >= 15 is 0 Å². The molecule has 0 aromatic heterocycles. The van der Waals surface area contributed by atoms with Crippen molar-refractivity contribution < 1.29 is 24.9 Å². The summed E-state index contributed by atoms with van der Waals surface area (Å²) in [4.78, 5) is 30.4. The summed E-state index contributed by atoms with van der Waals surface area (Å²) in [6.07, 6.45) is 0. The van der Waals surface area contributed by atoms with Crippen LogP contribution in [-0.2, 0) is 0 Å². The number of carboxylic acid groups (broad SMARTS) is 1. The van der Waals surface area contributed by atoms with Crippen LogP contribution in [0, 0.1) is 20.2 Å². The molecule has 0 amide bonds. The normalized spacial score (nSPS) is 9.95. The summed E-state index contributed by atoms with van der Waals surface area (Å²) in [7, 11) is 0. The minimum absolute atomic E-state index is 0.154. The van der Waals surface area contributed by atoms with Crippen LogP contribution in [-0.4, -0.2) is 34.1 Å². The zero-order valence-corrected chi connectivity index (χ0v) is 9.36. The van der Waals surface area contributed by atoms with Gasteiger partial charge in [0.05, 0.1) is 28.5 Å². The van der Waals surface area contributed by atoms with Crippen LogP contribution in [0.2, 0.25) is 0 Å². The lowest BCUT2D eigenvalue weighted by Gasteiger charge is -2.12. The zero-order valence-electron chi connectivity index (χ0n) is 9.36. The molecular weight excluding hydrogens is 262 g/mol. The van der Waals surface area contributed by atoms with Crippen molar-refractivity contribution in [3.8, 4) is 0 Å². The van der Waals surface area contributed by atoms with Crippen molar-refractivity contribution in [3.05, 3.63) is 37.9 Å². The molecule has 0 atom stereocenters. The van der Waals surface area contributed by atoms with Crippen molar-refractivity contribution >= 4 is 23.0 Å². The molecule has 1 aromatic rings. The third-order valence-corrected chi connectivity index (χ3v) is 2.14. The third kappa shape index (κ3) is 3.13.